The molecule has 0 bridgehead atoms. The highest BCUT2D eigenvalue weighted by molar-refractivity contribution is 5.71. The molecule has 0 aliphatic carbocycles. The number of ether oxygens (including phenoxy) is 1. The van der Waals surface area contributed by atoms with Gasteiger partial charge in [0.1, 0.15) is 12.2 Å². The van der Waals surface area contributed by atoms with Crippen molar-refractivity contribution in [3.05, 3.63) is 35.0 Å². The highest BCUT2D eigenvalue weighted by Gasteiger charge is 2.10. The summed E-state index contributed by atoms with van der Waals surface area (Å²) in [5, 5.41) is 7.37. The van der Waals surface area contributed by atoms with E-state index in [2.05, 4.69) is 10.3 Å². The first-order chi connectivity index (χ1) is 8.13. The van der Waals surface area contributed by atoms with E-state index in [1.54, 1.807) is 26.0 Å². The molecule has 0 unspecified atom stereocenters. The van der Waals surface area contributed by atoms with Crippen LogP contribution in [0, 0.1) is 13.8 Å². The fraction of sp³-hybridized carbons (Fsp3) is 0.364. The molecule has 6 nitrogen and oxygen atoms in total. The second-order valence-electron chi connectivity index (χ2n) is 3.71. The number of hydrogen-bond acceptors (Lipinski definition) is 6. The molecule has 0 fully saturated rings. The van der Waals surface area contributed by atoms with Gasteiger partial charge >= 0.3 is 5.97 Å². The maximum absolute atomic E-state index is 11.4. The second kappa shape index (κ2) is 4.82. The van der Waals surface area contributed by atoms with Crippen molar-refractivity contribution in [2.45, 2.75) is 26.9 Å². The van der Waals surface area contributed by atoms with Crippen molar-refractivity contribution in [2.24, 2.45) is 0 Å². The average molecular weight is 236 g/mol. The third kappa shape index (κ3) is 3.17. The van der Waals surface area contributed by atoms with Crippen LogP contribution in [0.4, 0.5) is 0 Å². The zero-order valence-electron chi connectivity index (χ0n) is 9.60. The van der Waals surface area contributed by atoms with E-state index in [0.717, 1.165) is 11.4 Å². The Bertz CT molecular complexity index is 515. The van der Waals surface area contributed by atoms with Crippen LogP contribution < -0.4 is 0 Å². The lowest BCUT2D eigenvalue weighted by molar-refractivity contribution is -0.145. The van der Waals surface area contributed by atoms with Gasteiger partial charge in [0.25, 0.3) is 0 Å². The zero-order valence-corrected chi connectivity index (χ0v) is 9.60. The quantitative estimate of drug-likeness (QED) is 0.749. The summed E-state index contributed by atoms with van der Waals surface area (Å²) in [6, 6.07) is 3.41. The van der Waals surface area contributed by atoms with Crippen molar-refractivity contribution >= 4 is 5.97 Å². The Morgan fingerprint density at radius 1 is 1.18 bits per heavy atom. The predicted molar refractivity (Wildman–Crippen MR) is 56.0 cm³/mol. The van der Waals surface area contributed by atoms with Gasteiger partial charge in [-0.05, 0) is 13.8 Å². The van der Waals surface area contributed by atoms with Crippen molar-refractivity contribution < 1.29 is 18.6 Å². The fourth-order valence-corrected chi connectivity index (χ4v) is 1.33. The van der Waals surface area contributed by atoms with Crippen molar-refractivity contribution in [2.75, 3.05) is 0 Å². The molecule has 0 saturated heterocycles. The number of esters is 1. The smallest absolute Gasteiger partial charge is 0.314 e. The SMILES string of the molecule is Cc1cc(COC(=O)Cc2cc(C)no2)on1. The first-order valence-corrected chi connectivity index (χ1v) is 5.13. The van der Waals surface area contributed by atoms with Crippen LogP contribution in [0.25, 0.3) is 0 Å². The van der Waals surface area contributed by atoms with Gasteiger partial charge in [0.15, 0.2) is 12.4 Å². The van der Waals surface area contributed by atoms with Crippen molar-refractivity contribution in [3.8, 4) is 0 Å². The van der Waals surface area contributed by atoms with Crippen LogP contribution in [0.2, 0.25) is 0 Å². The Labute approximate surface area is 97.5 Å². The number of hydrogen-bond donors (Lipinski definition) is 0. The van der Waals surface area contributed by atoms with Gasteiger partial charge in [-0.2, -0.15) is 0 Å². The van der Waals surface area contributed by atoms with Gasteiger partial charge in [-0.15, -0.1) is 0 Å². The highest BCUT2D eigenvalue weighted by atomic mass is 16.6. The van der Waals surface area contributed by atoms with Gasteiger partial charge in [-0.1, -0.05) is 10.3 Å². The van der Waals surface area contributed by atoms with Crippen molar-refractivity contribution in [1.29, 1.82) is 0 Å². The molecule has 0 atom stereocenters. The average Bonchev–Trinajstić information content (AvgIpc) is 2.85. The van der Waals surface area contributed by atoms with E-state index in [1.165, 1.54) is 0 Å². The lowest BCUT2D eigenvalue weighted by Crippen LogP contribution is -2.07. The maximum Gasteiger partial charge on any atom is 0.314 e. The summed E-state index contributed by atoms with van der Waals surface area (Å²) < 4.78 is 14.8. The van der Waals surface area contributed by atoms with Crippen molar-refractivity contribution in [3.63, 3.8) is 0 Å². The summed E-state index contributed by atoms with van der Waals surface area (Å²) >= 11 is 0. The molecule has 0 saturated carbocycles. The van der Waals surface area contributed by atoms with Crippen LogP contribution in [-0.4, -0.2) is 16.3 Å². The monoisotopic (exact) mass is 236 g/mol. The minimum atomic E-state index is -0.393. The van der Waals surface area contributed by atoms with Crippen molar-refractivity contribution in [1.82, 2.24) is 10.3 Å². The van der Waals surface area contributed by atoms with Gasteiger partial charge < -0.3 is 13.8 Å². The summed E-state index contributed by atoms with van der Waals surface area (Å²) in [6.45, 7) is 3.66. The Balaban J connectivity index is 1.82. The Hall–Kier alpha value is -2.11. The molecule has 2 aromatic heterocycles. The minimum absolute atomic E-state index is 0.0635. The van der Waals surface area contributed by atoms with E-state index >= 15 is 0 Å². The molecule has 0 spiro atoms. The number of nitrogens with zero attached hydrogens (tertiary/aromatic N) is 2. The normalized spacial score (nSPS) is 10.5. The third-order valence-corrected chi connectivity index (χ3v) is 2.05. The molecule has 0 N–H and O–H groups in total. The molecule has 6 heteroatoms. The van der Waals surface area contributed by atoms with Gasteiger partial charge in [-0.25, -0.2) is 0 Å². The summed E-state index contributed by atoms with van der Waals surface area (Å²) in [4.78, 5) is 11.4. The first kappa shape index (κ1) is 11.4. The molecule has 2 rings (SSSR count). The van der Waals surface area contributed by atoms with Crippen LogP contribution in [0.5, 0.6) is 0 Å². The summed E-state index contributed by atoms with van der Waals surface area (Å²) in [5.41, 5.74) is 1.49. The molecule has 0 aliphatic rings. The molecule has 17 heavy (non-hydrogen) atoms. The maximum atomic E-state index is 11.4. The van der Waals surface area contributed by atoms with Crippen LogP contribution >= 0.6 is 0 Å². The van der Waals surface area contributed by atoms with Crippen LogP contribution in [0.3, 0.4) is 0 Å². The predicted octanol–water partition coefficient (Wildman–Crippen LogP) is 1.57. The number of carbonyl (C=O) groups excluding carboxylic acids is 1. The second-order valence-corrected chi connectivity index (χ2v) is 3.71. The van der Waals surface area contributed by atoms with Gasteiger partial charge in [0.2, 0.25) is 0 Å². The Kier molecular flexibility index (Phi) is 3.22. The van der Waals surface area contributed by atoms with Crippen LogP contribution in [0.15, 0.2) is 21.2 Å². The lowest BCUT2D eigenvalue weighted by atomic mass is 10.3. The summed E-state index contributed by atoms with van der Waals surface area (Å²) in [7, 11) is 0. The first-order valence-electron chi connectivity index (χ1n) is 5.13. The Morgan fingerprint density at radius 3 is 2.29 bits per heavy atom. The van der Waals surface area contributed by atoms with E-state index in [9.17, 15) is 4.79 Å². The molecule has 0 aromatic carbocycles. The molecule has 2 aromatic rings. The summed E-state index contributed by atoms with van der Waals surface area (Å²) in [6.07, 6.45) is 0.0635. The Morgan fingerprint density at radius 2 is 1.76 bits per heavy atom. The summed E-state index contributed by atoms with van der Waals surface area (Å²) in [5.74, 6) is 0.612. The molecular weight excluding hydrogens is 224 g/mol. The third-order valence-electron chi connectivity index (χ3n) is 2.05. The molecular formula is C11H12N2O4. The topological polar surface area (TPSA) is 78.4 Å². The van der Waals surface area contributed by atoms with Gasteiger partial charge in [0, 0.05) is 12.1 Å². The van der Waals surface area contributed by atoms with E-state index in [1.807, 2.05) is 0 Å². The highest BCUT2D eigenvalue weighted by Crippen LogP contribution is 2.07. The van der Waals surface area contributed by atoms with Crippen LogP contribution in [0.1, 0.15) is 22.9 Å². The zero-order chi connectivity index (χ0) is 12.3. The van der Waals surface area contributed by atoms with Gasteiger partial charge in [0.05, 0.1) is 11.4 Å². The largest absolute Gasteiger partial charge is 0.457 e. The van der Waals surface area contributed by atoms with E-state index < -0.39 is 5.97 Å². The number of aryl methyl sites for hydroxylation is 2. The van der Waals surface area contributed by atoms with E-state index in [-0.39, 0.29) is 13.0 Å². The molecule has 0 amide bonds. The molecule has 0 radical (unpaired) electrons. The standard InChI is InChI=1S/C11H12N2O4/c1-7-3-9(16-12-7)5-11(14)15-6-10-4-8(2)13-17-10/h3-4H,5-6H2,1-2H3. The molecule has 2 heterocycles. The fourth-order valence-electron chi connectivity index (χ4n) is 1.33. The number of carbonyl (C=O) groups is 1. The minimum Gasteiger partial charge on any atom is -0.457 e. The molecule has 0 aliphatic heterocycles. The molecule has 90 valence electrons. The van der Waals surface area contributed by atoms with E-state index in [4.69, 9.17) is 13.8 Å². The number of rotatable bonds is 4. The van der Waals surface area contributed by atoms with E-state index in [0.29, 0.717) is 11.5 Å². The van der Waals surface area contributed by atoms with Gasteiger partial charge in [-0.3, -0.25) is 4.79 Å². The lowest BCUT2D eigenvalue weighted by Gasteiger charge is -1.99. The number of aromatic nitrogens is 2. The van der Waals surface area contributed by atoms with Crippen LogP contribution in [-0.2, 0) is 22.6 Å².